The largest absolute Gasteiger partial charge is 0.497 e. The molecule has 0 bridgehead atoms. The lowest BCUT2D eigenvalue weighted by Gasteiger charge is -2.29. The summed E-state index contributed by atoms with van der Waals surface area (Å²) < 4.78 is 5.16. The van der Waals surface area contributed by atoms with Crippen LogP contribution in [0.2, 0.25) is 0 Å². The number of nitrogens with zero attached hydrogens (tertiary/aromatic N) is 1. The Morgan fingerprint density at radius 1 is 1.03 bits per heavy atom. The maximum absolute atomic E-state index is 13.4. The molecule has 0 radical (unpaired) electrons. The Kier molecular flexibility index (Phi) is 3.79. The quantitative estimate of drug-likeness (QED) is 0.777. The van der Waals surface area contributed by atoms with Crippen molar-refractivity contribution < 1.29 is 19.1 Å². The van der Waals surface area contributed by atoms with Crippen molar-refractivity contribution in [1.82, 2.24) is 10.2 Å². The highest BCUT2D eigenvalue weighted by Crippen LogP contribution is 2.52. The van der Waals surface area contributed by atoms with Crippen LogP contribution in [-0.4, -0.2) is 35.8 Å². The Balaban J connectivity index is 1.53. The summed E-state index contributed by atoms with van der Waals surface area (Å²) in [7, 11) is 1.59. The highest BCUT2D eigenvalue weighted by Gasteiger charge is 2.69. The fourth-order valence-electron chi connectivity index (χ4n) is 5.05. The van der Waals surface area contributed by atoms with E-state index >= 15 is 0 Å². The number of anilines is 1. The van der Waals surface area contributed by atoms with Crippen molar-refractivity contribution in [2.24, 2.45) is 11.8 Å². The van der Waals surface area contributed by atoms with Crippen LogP contribution in [0.4, 0.5) is 5.69 Å². The van der Waals surface area contributed by atoms with Gasteiger partial charge in [0.2, 0.25) is 17.7 Å². The van der Waals surface area contributed by atoms with Gasteiger partial charge in [0.25, 0.3) is 0 Å². The van der Waals surface area contributed by atoms with Crippen LogP contribution in [0.1, 0.15) is 18.1 Å². The van der Waals surface area contributed by atoms with Gasteiger partial charge in [-0.2, -0.15) is 0 Å². The summed E-state index contributed by atoms with van der Waals surface area (Å²) in [6.45, 7) is 2.05. The lowest BCUT2D eigenvalue weighted by atomic mass is 9.76. The minimum Gasteiger partial charge on any atom is -0.497 e. The van der Waals surface area contributed by atoms with E-state index in [1.165, 1.54) is 4.90 Å². The maximum atomic E-state index is 13.4. The van der Waals surface area contributed by atoms with Crippen LogP contribution in [0.25, 0.3) is 0 Å². The number of ether oxygens (including phenoxy) is 1. The molecule has 7 nitrogen and oxygen atoms in total. The summed E-state index contributed by atoms with van der Waals surface area (Å²) >= 11 is 0. The summed E-state index contributed by atoms with van der Waals surface area (Å²) in [4.78, 5) is 41.0. The Labute approximate surface area is 168 Å². The molecule has 3 aliphatic rings. The molecule has 3 amide bonds. The van der Waals surface area contributed by atoms with Crippen LogP contribution in [-0.2, 0) is 26.5 Å². The summed E-state index contributed by atoms with van der Waals surface area (Å²) in [5.41, 5.74) is 1.05. The molecular formula is C22H21N3O4. The maximum Gasteiger partial charge on any atom is 0.250 e. The molecule has 3 aliphatic heterocycles. The monoisotopic (exact) mass is 391 g/mol. The third-order valence-electron chi connectivity index (χ3n) is 6.36. The predicted octanol–water partition coefficient (Wildman–Crippen LogP) is 1.64. The number of likely N-dealkylation sites (tertiary alicyclic amines) is 1. The zero-order valence-electron chi connectivity index (χ0n) is 16.1. The number of amides is 3. The minimum absolute atomic E-state index is 0.181. The third-order valence-corrected chi connectivity index (χ3v) is 6.36. The number of carbonyl (C=O) groups excluding carboxylic acids is 3. The van der Waals surface area contributed by atoms with E-state index in [9.17, 15) is 14.4 Å². The van der Waals surface area contributed by atoms with Crippen molar-refractivity contribution in [2.75, 3.05) is 12.4 Å². The molecule has 29 heavy (non-hydrogen) atoms. The van der Waals surface area contributed by atoms with Gasteiger partial charge in [0.1, 0.15) is 11.3 Å². The van der Waals surface area contributed by atoms with Crippen LogP contribution in [0, 0.1) is 11.8 Å². The van der Waals surface area contributed by atoms with Crippen LogP contribution in [0.3, 0.4) is 0 Å². The number of para-hydroxylation sites is 1. The number of hydrogen-bond donors (Lipinski definition) is 2. The van der Waals surface area contributed by atoms with Crippen molar-refractivity contribution in [3.8, 4) is 5.75 Å². The molecular weight excluding hydrogens is 370 g/mol. The number of rotatable bonds is 3. The molecule has 1 spiro atoms. The van der Waals surface area contributed by atoms with Crippen LogP contribution in [0.15, 0.2) is 48.5 Å². The van der Waals surface area contributed by atoms with E-state index in [4.69, 9.17) is 4.74 Å². The number of methoxy groups -OCH3 is 1. The van der Waals surface area contributed by atoms with Gasteiger partial charge in [0.15, 0.2) is 0 Å². The number of hydrogen-bond acceptors (Lipinski definition) is 5. The van der Waals surface area contributed by atoms with E-state index in [2.05, 4.69) is 10.6 Å². The van der Waals surface area contributed by atoms with Crippen LogP contribution < -0.4 is 15.4 Å². The lowest BCUT2D eigenvalue weighted by Crippen LogP contribution is -2.52. The van der Waals surface area contributed by atoms with Gasteiger partial charge in [-0.3, -0.25) is 24.6 Å². The molecule has 2 fully saturated rings. The summed E-state index contributed by atoms with van der Waals surface area (Å²) in [6, 6.07) is 14.3. The van der Waals surface area contributed by atoms with Gasteiger partial charge in [-0.25, -0.2) is 0 Å². The van der Waals surface area contributed by atoms with E-state index in [1.54, 1.807) is 19.2 Å². The van der Waals surface area contributed by atoms with Crippen molar-refractivity contribution in [1.29, 1.82) is 0 Å². The van der Waals surface area contributed by atoms with Gasteiger partial charge in [0.05, 0.1) is 25.5 Å². The van der Waals surface area contributed by atoms with Gasteiger partial charge in [0, 0.05) is 17.3 Å². The number of nitrogens with one attached hydrogen (secondary N) is 2. The van der Waals surface area contributed by atoms with Crippen LogP contribution >= 0.6 is 0 Å². The van der Waals surface area contributed by atoms with Gasteiger partial charge in [-0.1, -0.05) is 30.3 Å². The molecule has 3 heterocycles. The molecule has 2 N–H and O–H groups in total. The van der Waals surface area contributed by atoms with E-state index in [0.717, 1.165) is 11.1 Å². The normalized spacial score (nSPS) is 29.9. The van der Waals surface area contributed by atoms with E-state index in [-0.39, 0.29) is 30.3 Å². The van der Waals surface area contributed by atoms with E-state index < -0.39 is 17.4 Å². The average Bonchev–Trinajstić information content (AvgIpc) is 3.28. The molecule has 7 heteroatoms. The molecule has 148 valence electrons. The molecule has 0 aromatic heterocycles. The first-order valence-electron chi connectivity index (χ1n) is 9.64. The molecule has 0 unspecified atom stereocenters. The Hall–Kier alpha value is -3.19. The lowest BCUT2D eigenvalue weighted by molar-refractivity contribution is -0.143. The molecule has 2 aromatic carbocycles. The second-order valence-corrected chi connectivity index (χ2v) is 7.85. The first-order chi connectivity index (χ1) is 14.0. The molecule has 5 rings (SSSR count). The predicted molar refractivity (Wildman–Crippen MR) is 105 cm³/mol. The van der Waals surface area contributed by atoms with Gasteiger partial charge in [-0.05, 0) is 30.7 Å². The van der Waals surface area contributed by atoms with Gasteiger partial charge >= 0.3 is 0 Å². The van der Waals surface area contributed by atoms with Gasteiger partial charge in [-0.15, -0.1) is 0 Å². The molecule has 4 atom stereocenters. The first-order valence-corrected chi connectivity index (χ1v) is 9.64. The standard InChI is InChI=1S/C22H21N3O4/c1-12-17-18(22(24-12)15-5-3-4-6-16(15)23-21(22)28)20(27)25(19(17)26)11-13-7-9-14(29-2)10-8-13/h3-10,12,17-18,24H,11H2,1-2H3,(H,23,28)/t12-,17-,18+,22+/m1/s1. The molecule has 0 aliphatic carbocycles. The summed E-state index contributed by atoms with van der Waals surface area (Å²) in [6.07, 6.45) is 0. The van der Waals surface area contributed by atoms with E-state index in [1.807, 2.05) is 43.3 Å². The molecule has 0 saturated carbocycles. The Morgan fingerprint density at radius 2 is 1.76 bits per heavy atom. The van der Waals surface area contributed by atoms with Crippen molar-refractivity contribution in [3.05, 3.63) is 59.7 Å². The average molecular weight is 391 g/mol. The molecule has 2 aromatic rings. The van der Waals surface area contributed by atoms with Crippen molar-refractivity contribution in [2.45, 2.75) is 25.0 Å². The first kappa shape index (κ1) is 17.9. The second-order valence-electron chi connectivity index (χ2n) is 7.85. The van der Waals surface area contributed by atoms with Crippen molar-refractivity contribution >= 4 is 23.4 Å². The number of benzene rings is 2. The summed E-state index contributed by atoms with van der Waals surface area (Å²) in [5.74, 6) is -1.43. The highest BCUT2D eigenvalue weighted by atomic mass is 16.5. The Morgan fingerprint density at radius 3 is 2.48 bits per heavy atom. The minimum atomic E-state index is -1.21. The third kappa shape index (κ3) is 2.31. The summed E-state index contributed by atoms with van der Waals surface area (Å²) in [5, 5.41) is 6.18. The van der Waals surface area contributed by atoms with Crippen LogP contribution in [0.5, 0.6) is 5.75 Å². The number of fused-ring (bicyclic) bond motifs is 4. The molecule has 2 saturated heterocycles. The van der Waals surface area contributed by atoms with Gasteiger partial charge < -0.3 is 10.1 Å². The second kappa shape index (κ2) is 6.15. The van der Waals surface area contributed by atoms with Crippen molar-refractivity contribution in [3.63, 3.8) is 0 Å². The number of carbonyl (C=O) groups is 3. The fourth-order valence-corrected chi connectivity index (χ4v) is 5.05. The zero-order chi connectivity index (χ0) is 20.3. The fraction of sp³-hybridized carbons (Fsp3) is 0.318. The number of imide groups is 1. The smallest absolute Gasteiger partial charge is 0.250 e. The topological polar surface area (TPSA) is 87.7 Å². The Bertz CT molecular complexity index is 1030. The SMILES string of the molecule is COc1ccc(CN2C(=O)[C@H]3[C@@H](C2=O)[C@]2(N[C@@H]3C)C(=O)Nc3ccccc32)cc1. The zero-order valence-corrected chi connectivity index (χ0v) is 16.1. The highest BCUT2D eigenvalue weighted by molar-refractivity contribution is 6.15. The van der Waals surface area contributed by atoms with E-state index in [0.29, 0.717) is 11.4 Å².